The summed E-state index contributed by atoms with van der Waals surface area (Å²) in [4.78, 5) is 12.2. The zero-order valence-electron chi connectivity index (χ0n) is 22.9. The van der Waals surface area contributed by atoms with Crippen LogP contribution in [0.4, 0.5) is 11.8 Å². The Morgan fingerprint density at radius 1 is 0.875 bits per heavy atom. The number of benzene rings is 3. The van der Waals surface area contributed by atoms with Crippen LogP contribution in [0.1, 0.15) is 55.3 Å². The summed E-state index contributed by atoms with van der Waals surface area (Å²) in [7, 11) is -3.86. The lowest BCUT2D eigenvalue weighted by Crippen LogP contribution is -2.32. The van der Waals surface area contributed by atoms with E-state index >= 15 is 0 Å². The second-order valence-corrected chi connectivity index (χ2v) is 12.8. The number of rotatable bonds is 9. The zero-order valence-corrected chi connectivity index (χ0v) is 23.7. The van der Waals surface area contributed by atoms with Crippen LogP contribution in [-0.2, 0) is 29.5 Å². The zero-order chi connectivity index (χ0) is 27.4. The third-order valence-electron chi connectivity index (χ3n) is 8.21. The fraction of sp³-hybridized carbons (Fsp3) is 0.375. The van der Waals surface area contributed by atoms with Crippen molar-refractivity contribution in [3.8, 4) is 0 Å². The number of nitrogens with one attached hydrogen (secondary N) is 2. The summed E-state index contributed by atoms with van der Waals surface area (Å²) in [6.07, 6.45) is 8.40. The molecule has 40 heavy (non-hydrogen) atoms. The maximum atomic E-state index is 13.6. The summed E-state index contributed by atoms with van der Waals surface area (Å²) in [6, 6.07) is 23.3. The smallest absolute Gasteiger partial charge is 0.263 e. The van der Waals surface area contributed by atoms with Gasteiger partial charge in [0.25, 0.3) is 10.0 Å². The van der Waals surface area contributed by atoms with Gasteiger partial charge in [0.2, 0.25) is 5.95 Å². The van der Waals surface area contributed by atoms with E-state index in [-0.39, 0.29) is 4.90 Å². The lowest BCUT2D eigenvalue weighted by molar-refractivity contribution is 0.243. The molecule has 4 aromatic rings. The van der Waals surface area contributed by atoms with Crippen LogP contribution in [0, 0.1) is 5.92 Å². The molecule has 1 aliphatic heterocycles. The van der Waals surface area contributed by atoms with Gasteiger partial charge in [0, 0.05) is 38.2 Å². The van der Waals surface area contributed by atoms with Crippen molar-refractivity contribution < 1.29 is 8.42 Å². The second-order valence-electron chi connectivity index (χ2n) is 11.1. The number of hydrogen-bond acceptors (Lipinski definition) is 6. The molecule has 0 radical (unpaired) electrons. The summed E-state index contributed by atoms with van der Waals surface area (Å²) in [5.74, 6) is 1.62. The Bertz CT molecular complexity index is 1570. The molecule has 1 aromatic heterocycles. The van der Waals surface area contributed by atoms with E-state index in [0.29, 0.717) is 18.3 Å². The fourth-order valence-corrected chi connectivity index (χ4v) is 7.07. The number of nitrogens with zero attached hydrogens (tertiary/aromatic N) is 3. The molecular formula is C32H37N5O2S. The van der Waals surface area contributed by atoms with Crippen molar-refractivity contribution in [3.05, 3.63) is 89.6 Å². The lowest BCUT2D eigenvalue weighted by Gasteiger charge is -2.30. The highest BCUT2D eigenvalue weighted by Crippen LogP contribution is 2.30. The number of hydrogen-bond donors (Lipinski definition) is 2. The summed E-state index contributed by atoms with van der Waals surface area (Å²) < 4.78 is 30.1. The topological polar surface area (TPSA) is 87.2 Å². The van der Waals surface area contributed by atoms with Gasteiger partial charge in [-0.25, -0.2) is 13.4 Å². The third kappa shape index (κ3) is 6.29. The molecule has 0 unspecified atom stereocenters. The molecular weight excluding hydrogens is 518 g/mol. The molecule has 2 heterocycles. The molecule has 3 aromatic carbocycles. The van der Waals surface area contributed by atoms with Crippen LogP contribution in [0.5, 0.6) is 0 Å². The highest BCUT2D eigenvalue weighted by Gasteiger charge is 2.26. The van der Waals surface area contributed by atoms with Gasteiger partial charge in [-0.15, -0.1) is 0 Å². The van der Waals surface area contributed by atoms with Crippen molar-refractivity contribution in [1.29, 1.82) is 0 Å². The Hall–Kier alpha value is -3.49. The van der Waals surface area contributed by atoms with Crippen LogP contribution in [0.2, 0.25) is 0 Å². The van der Waals surface area contributed by atoms with Crippen LogP contribution < -0.4 is 10.0 Å². The first kappa shape index (κ1) is 26.7. The van der Waals surface area contributed by atoms with E-state index in [1.165, 1.54) is 37.7 Å². The normalized spacial score (nSPS) is 16.5. The number of sulfonamides is 1. The lowest BCUT2D eigenvalue weighted by atomic mass is 9.87. The SMILES string of the molecule is O=S(=O)(Nc1nc(NCCC2CCCCC2)nc2c1CN(Cc1ccccc1)CC2)c1ccc2ccccc2c1. The van der Waals surface area contributed by atoms with E-state index in [9.17, 15) is 8.42 Å². The van der Waals surface area contributed by atoms with Gasteiger partial charge in [0.1, 0.15) is 5.82 Å². The van der Waals surface area contributed by atoms with E-state index < -0.39 is 10.0 Å². The fourth-order valence-electron chi connectivity index (χ4n) is 5.99. The highest BCUT2D eigenvalue weighted by atomic mass is 32.2. The molecule has 2 N–H and O–H groups in total. The average molecular weight is 556 g/mol. The molecule has 0 atom stereocenters. The van der Waals surface area contributed by atoms with Gasteiger partial charge >= 0.3 is 0 Å². The second kappa shape index (κ2) is 11.9. The molecule has 8 heteroatoms. The standard InChI is InChI=1S/C32H37N5O2S/c38-40(39,28-16-15-26-13-7-8-14-27(26)21-28)36-31-29-23-37(22-25-11-5-2-6-12-25)20-18-30(29)34-32(35-31)33-19-17-24-9-3-1-4-10-24/h2,5-8,11-16,21,24H,1,3-4,9-10,17-20,22-23H2,(H2,33,34,35,36). The molecule has 1 saturated carbocycles. The Morgan fingerprint density at radius 2 is 1.65 bits per heavy atom. The maximum absolute atomic E-state index is 13.6. The third-order valence-corrected chi connectivity index (χ3v) is 9.55. The maximum Gasteiger partial charge on any atom is 0.263 e. The largest absolute Gasteiger partial charge is 0.354 e. The summed E-state index contributed by atoms with van der Waals surface area (Å²) in [5, 5.41) is 5.30. The predicted molar refractivity (Wildman–Crippen MR) is 161 cm³/mol. The Balaban J connectivity index is 1.27. The van der Waals surface area contributed by atoms with Gasteiger partial charge in [-0.3, -0.25) is 9.62 Å². The van der Waals surface area contributed by atoms with Crippen molar-refractivity contribution in [2.24, 2.45) is 5.92 Å². The van der Waals surface area contributed by atoms with Crippen LogP contribution in [0.15, 0.2) is 77.7 Å². The van der Waals surface area contributed by atoms with Crippen molar-refractivity contribution >= 4 is 32.6 Å². The van der Waals surface area contributed by atoms with Gasteiger partial charge in [-0.05, 0) is 40.8 Å². The molecule has 0 amide bonds. The van der Waals surface area contributed by atoms with Gasteiger partial charge in [-0.1, -0.05) is 92.8 Å². The average Bonchev–Trinajstić information content (AvgIpc) is 2.98. The van der Waals surface area contributed by atoms with Crippen molar-refractivity contribution in [2.75, 3.05) is 23.1 Å². The molecule has 0 spiro atoms. The van der Waals surface area contributed by atoms with Crippen molar-refractivity contribution in [1.82, 2.24) is 14.9 Å². The molecule has 7 nitrogen and oxygen atoms in total. The molecule has 0 saturated heterocycles. The molecule has 1 aliphatic carbocycles. The van der Waals surface area contributed by atoms with Gasteiger partial charge in [0.15, 0.2) is 0 Å². The van der Waals surface area contributed by atoms with E-state index in [2.05, 4.69) is 27.1 Å². The highest BCUT2D eigenvalue weighted by molar-refractivity contribution is 7.92. The quantitative estimate of drug-likeness (QED) is 0.250. The minimum atomic E-state index is -3.86. The first-order valence-electron chi connectivity index (χ1n) is 14.4. The molecule has 2 aliphatic rings. The monoisotopic (exact) mass is 555 g/mol. The van der Waals surface area contributed by atoms with Gasteiger partial charge in [-0.2, -0.15) is 4.98 Å². The molecule has 208 valence electrons. The van der Waals surface area contributed by atoms with Crippen molar-refractivity contribution in [2.45, 2.75) is 62.9 Å². The van der Waals surface area contributed by atoms with E-state index in [1.807, 2.05) is 48.5 Å². The predicted octanol–water partition coefficient (Wildman–Crippen LogP) is 6.37. The van der Waals surface area contributed by atoms with Crippen LogP contribution in [0.25, 0.3) is 10.8 Å². The summed E-state index contributed by atoms with van der Waals surface area (Å²) >= 11 is 0. The molecule has 0 bridgehead atoms. The number of anilines is 2. The number of fused-ring (bicyclic) bond motifs is 2. The summed E-state index contributed by atoms with van der Waals surface area (Å²) in [5.41, 5.74) is 2.99. The van der Waals surface area contributed by atoms with Crippen LogP contribution in [-0.4, -0.2) is 36.4 Å². The minimum absolute atomic E-state index is 0.224. The Kier molecular flexibility index (Phi) is 7.98. The van der Waals surface area contributed by atoms with Gasteiger partial charge in [0.05, 0.1) is 10.6 Å². The molecule has 6 rings (SSSR count). The van der Waals surface area contributed by atoms with Gasteiger partial charge < -0.3 is 5.32 Å². The van der Waals surface area contributed by atoms with Crippen molar-refractivity contribution in [3.63, 3.8) is 0 Å². The number of aromatic nitrogens is 2. The Morgan fingerprint density at radius 3 is 2.48 bits per heavy atom. The van der Waals surface area contributed by atoms with E-state index in [1.54, 1.807) is 12.1 Å². The van der Waals surface area contributed by atoms with Crippen LogP contribution in [0.3, 0.4) is 0 Å². The van der Waals surface area contributed by atoms with Crippen LogP contribution >= 0.6 is 0 Å². The minimum Gasteiger partial charge on any atom is -0.354 e. The summed E-state index contributed by atoms with van der Waals surface area (Å²) in [6.45, 7) is 3.03. The molecule has 1 fully saturated rings. The Labute approximate surface area is 237 Å². The first-order chi connectivity index (χ1) is 19.5. The first-order valence-corrected chi connectivity index (χ1v) is 15.9. The van der Waals surface area contributed by atoms with E-state index in [0.717, 1.165) is 60.4 Å². The van der Waals surface area contributed by atoms with E-state index in [4.69, 9.17) is 9.97 Å².